The van der Waals surface area contributed by atoms with Gasteiger partial charge >= 0.3 is 0 Å². The molecule has 0 fully saturated rings. The smallest absolute Gasteiger partial charge is 0.0823 e. The van der Waals surface area contributed by atoms with E-state index in [1.165, 1.54) is 11.1 Å². The van der Waals surface area contributed by atoms with Crippen molar-refractivity contribution in [1.82, 2.24) is 0 Å². The molecule has 0 radical (unpaired) electrons. The van der Waals surface area contributed by atoms with Crippen LogP contribution in [-0.4, -0.2) is 12.7 Å². The van der Waals surface area contributed by atoms with Gasteiger partial charge in [0.1, 0.15) is 0 Å². The highest BCUT2D eigenvalue weighted by Crippen LogP contribution is 2.20. The topological polar surface area (TPSA) is 9.23 Å². The number of rotatable bonds is 2. The molecule has 0 aromatic heterocycles. The van der Waals surface area contributed by atoms with Gasteiger partial charge in [-0.1, -0.05) is 24.6 Å². The highest BCUT2D eigenvalue weighted by atomic mass is 16.5. The molecule has 1 unspecified atom stereocenters. The Bertz CT molecular complexity index is 201. The third-order valence-electron chi connectivity index (χ3n) is 2.27. The highest BCUT2D eigenvalue weighted by Gasteiger charge is 2.14. The van der Waals surface area contributed by atoms with Gasteiger partial charge in [0.15, 0.2) is 0 Å². The van der Waals surface area contributed by atoms with Crippen molar-refractivity contribution in [1.29, 1.82) is 0 Å². The van der Waals surface area contributed by atoms with E-state index in [-0.39, 0.29) is 0 Å². The minimum Gasteiger partial charge on any atom is -0.369 e. The molecule has 68 valence electrons. The highest BCUT2D eigenvalue weighted by molar-refractivity contribution is 5.14. The average Bonchev–Trinajstić information content (AvgIpc) is 2.05. The summed E-state index contributed by atoms with van der Waals surface area (Å²) in [6.45, 7) is 7.28. The van der Waals surface area contributed by atoms with Crippen LogP contribution >= 0.6 is 0 Å². The van der Waals surface area contributed by atoms with Crippen LogP contribution < -0.4 is 0 Å². The van der Waals surface area contributed by atoms with E-state index in [9.17, 15) is 0 Å². The van der Waals surface area contributed by atoms with E-state index >= 15 is 0 Å². The molecule has 0 saturated carbocycles. The fourth-order valence-electron chi connectivity index (χ4n) is 1.49. The lowest BCUT2D eigenvalue weighted by Gasteiger charge is -2.22. The van der Waals surface area contributed by atoms with Crippen molar-refractivity contribution in [3.05, 3.63) is 23.3 Å². The first-order chi connectivity index (χ1) is 5.74. The van der Waals surface area contributed by atoms with Crippen molar-refractivity contribution < 1.29 is 4.74 Å². The van der Waals surface area contributed by atoms with Crippen molar-refractivity contribution in [2.24, 2.45) is 0 Å². The Morgan fingerprint density at radius 1 is 1.75 bits per heavy atom. The van der Waals surface area contributed by atoms with Gasteiger partial charge in [-0.05, 0) is 32.3 Å². The first kappa shape index (κ1) is 9.53. The Morgan fingerprint density at radius 2 is 2.50 bits per heavy atom. The number of hydrogen-bond donors (Lipinski definition) is 0. The largest absolute Gasteiger partial charge is 0.369 e. The summed E-state index contributed by atoms with van der Waals surface area (Å²) >= 11 is 0. The fraction of sp³-hybridized carbons (Fsp3) is 0.636. The van der Waals surface area contributed by atoms with Crippen LogP contribution in [0, 0.1) is 0 Å². The van der Waals surface area contributed by atoms with Gasteiger partial charge in [0.25, 0.3) is 0 Å². The Labute approximate surface area is 75.1 Å². The van der Waals surface area contributed by atoms with E-state index in [1.54, 1.807) is 0 Å². The molecule has 0 aromatic rings. The standard InChI is InChI=1S/C11H18O/c1-4-5-10(3)11-8-9(2)6-7-12-11/h5-6,11H,4,7-8H2,1-3H3/b10-5+. The summed E-state index contributed by atoms with van der Waals surface area (Å²) in [6.07, 6.45) is 6.94. The quantitative estimate of drug-likeness (QED) is 0.573. The van der Waals surface area contributed by atoms with Crippen LogP contribution in [0.4, 0.5) is 0 Å². The van der Waals surface area contributed by atoms with Gasteiger partial charge in [0.2, 0.25) is 0 Å². The molecule has 1 atom stereocenters. The zero-order chi connectivity index (χ0) is 8.97. The van der Waals surface area contributed by atoms with Crippen LogP contribution in [0.3, 0.4) is 0 Å². The minimum absolute atomic E-state index is 0.343. The van der Waals surface area contributed by atoms with E-state index in [2.05, 4.69) is 32.9 Å². The van der Waals surface area contributed by atoms with Gasteiger partial charge < -0.3 is 4.74 Å². The molecule has 0 bridgehead atoms. The second-order valence-electron chi connectivity index (χ2n) is 3.43. The predicted octanol–water partition coefficient (Wildman–Crippen LogP) is 3.08. The second kappa shape index (κ2) is 4.46. The van der Waals surface area contributed by atoms with E-state index in [4.69, 9.17) is 4.74 Å². The number of ether oxygens (including phenoxy) is 1. The molecule has 0 aliphatic carbocycles. The van der Waals surface area contributed by atoms with Crippen LogP contribution in [0.5, 0.6) is 0 Å². The molecular formula is C11H18O. The number of hydrogen-bond acceptors (Lipinski definition) is 1. The predicted molar refractivity (Wildman–Crippen MR) is 52.2 cm³/mol. The summed E-state index contributed by atoms with van der Waals surface area (Å²) < 4.78 is 5.62. The summed E-state index contributed by atoms with van der Waals surface area (Å²) in [5.74, 6) is 0. The van der Waals surface area contributed by atoms with Gasteiger partial charge in [-0.3, -0.25) is 0 Å². The summed E-state index contributed by atoms with van der Waals surface area (Å²) in [5, 5.41) is 0. The summed E-state index contributed by atoms with van der Waals surface area (Å²) in [4.78, 5) is 0. The van der Waals surface area contributed by atoms with Crippen LogP contribution in [0.25, 0.3) is 0 Å². The molecule has 1 rings (SSSR count). The maximum atomic E-state index is 5.62. The van der Waals surface area contributed by atoms with E-state index < -0.39 is 0 Å². The van der Waals surface area contributed by atoms with Gasteiger partial charge in [0.05, 0.1) is 12.7 Å². The first-order valence-corrected chi connectivity index (χ1v) is 4.68. The lowest BCUT2D eigenvalue weighted by molar-refractivity contribution is 0.0902. The molecular weight excluding hydrogens is 148 g/mol. The Morgan fingerprint density at radius 3 is 3.08 bits per heavy atom. The molecule has 0 aromatic carbocycles. The van der Waals surface area contributed by atoms with Gasteiger partial charge in [0, 0.05) is 0 Å². The molecule has 0 spiro atoms. The summed E-state index contributed by atoms with van der Waals surface area (Å²) in [5.41, 5.74) is 2.83. The maximum absolute atomic E-state index is 5.62. The molecule has 1 heterocycles. The SMILES string of the molecule is CC/C=C(\C)C1CC(C)=CCO1. The maximum Gasteiger partial charge on any atom is 0.0823 e. The van der Waals surface area contributed by atoms with Crippen molar-refractivity contribution in [2.45, 2.75) is 39.7 Å². The molecule has 1 aliphatic rings. The third kappa shape index (κ3) is 2.49. The molecule has 1 nitrogen and oxygen atoms in total. The van der Waals surface area contributed by atoms with Crippen LogP contribution in [0.2, 0.25) is 0 Å². The van der Waals surface area contributed by atoms with E-state index in [0.29, 0.717) is 6.10 Å². The second-order valence-corrected chi connectivity index (χ2v) is 3.43. The first-order valence-electron chi connectivity index (χ1n) is 4.68. The molecule has 1 aliphatic heterocycles. The number of allylic oxidation sites excluding steroid dienone is 1. The normalized spacial score (nSPS) is 25.4. The minimum atomic E-state index is 0.343. The van der Waals surface area contributed by atoms with E-state index in [1.807, 2.05) is 0 Å². The summed E-state index contributed by atoms with van der Waals surface area (Å²) in [7, 11) is 0. The van der Waals surface area contributed by atoms with Gasteiger partial charge in [-0.2, -0.15) is 0 Å². The Hall–Kier alpha value is -0.560. The van der Waals surface area contributed by atoms with Crippen LogP contribution in [0.1, 0.15) is 33.6 Å². The average molecular weight is 166 g/mol. The van der Waals surface area contributed by atoms with Crippen molar-refractivity contribution in [3.63, 3.8) is 0 Å². The lowest BCUT2D eigenvalue weighted by Crippen LogP contribution is -2.19. The monoisotopic (exact) mass is 166 g/mol. The third-order valence-corrected chi connectivity index (χ3v) is 2.27. The van der Waals surface area contributed by atoms with Gasteiger partial charge in [-0.15, -0.1) is 0 Å². The van der Waals surface area contributed by atoms with Gasteiger partial charge in [-0.25, -0.2) is 0 Å². The summed E-state index contributed by atoms with van der Waals surface area (Å²) in [6, 6.07) is 0. The van der Waals surface area contributed by atoms with Crippen molar-refractivity contribution in [3.8, 4) is 0 Å². The van der Waals surface area contributed by atoms with Crippen molar-refractivity contribution in [2.75, 3.05) is 6.61 Å². The van der Waals surface area contributed by atoms with Crippen LogP contribution in [0.15, 0.2) is 23.3 Å². The zero-order valence-corrected chi connectivity index (χ0v) is 8.26. The molecule has 1 heteroatoms. The fourth-order valence-corrected chi connectivity index (χ4v) is 1.49. The van der Waals surface area contributed by atoms with Crippen LogP contribution in [-0.2, 0) is 4.74 Å². The molecule has 0 N–H and O–H groups in total. The molecule has 12 heavy (non-hydrogen) atoms. The Balaban J connectivity index is 2.54. The Kier molecular flexibility index (Phi) is 3.54. The zero-order valence-electron chi connectivity index (χ0n) is 8.26. The molecule has 0 saturated heterocycles. The lowest BCUT2D eigenvalue weighted by atomic mass is 10.0. The van der Waals surface area contributed by atoms with Crippen molar-refractivity contribution >= 4 is 0 Å². The van der Waals surface area contributed by atoms with E-state index in [0.717, 1.165) is 19.4 Å². The molecule has 0 amide bonds.